The number of hydrogen-bond acceptors (Lipinski definition) is 6. The summed E-state index contributed by atoms with van der Waals surface area (Å²) in [5, 5.41) is 3.79. The first-order chi connectivity index (χ1) is 13.1. The predicted octanol–water partition coefficient (Wildman–Crippen LogP) is 3.79. The number of nitrogens with zero attached hydrogens (tertiary/aromatic N) is 1. The van der Waals surface area contributed by atoms with Crippen LogP contribution in [0.2, 0.25) is 0 Å². The number of carbonyl (C=O) groups is 2. The Hall–Kier alpha value is -3.41. The number of rotatable bonds is 4. The Morgan fingerprint density at radius 3 is 2.74 bits per heavy atom. The van der Waals surface area contributed by atoms with E-state index in [1.165, 1.54) is 0 Å². The lowest BCUT2D eigenvalue weighted by molar-refractivity contribution is 0.0251. The summed E-state index contributed by atoms with van der Waals surface area (Å²) in [7, 11) is 0. The van der Waals surface area contributed by atoms with Crippen LogP contribution in [0.15, 0.2) is 59.1 Å². The number of fused-ring (bicyclic) bond motifs is 1. The lowest BCUT2D eigenvalue weighted by Gasteiger charge is -2.25. The Balaban J connectivity index is 1.52. The van der Waals surface area contributed by atoms with E-state index in [-0.39, 0.29) is 18.7 Å². The van der Waals surface area contributed by atoms with Gasteiger partial charge in [0.05, 0.1) is 11.1 Å². The lowest BCUT2D eigenvalue weighted by atomic mass is 9.93. The maximum absolute atomic E-state index is 12.3. The van der Waals surface area contributed by atoms with Crippen molar-refractivity contribution in [3.8, 4) is 0 Å². The molecule has 0 saturated heterocycles. The molecule has 2 heterocycles. The van der Waals surface area contributed by atoms with Crippen molar-refractivity contribution >= 4 is 11.9 Å². The maximum atomic E-state index is 12.3. The van der Waals surface area contributed by atoms with Crippen LogP contribution in [0, 0.1) is 6.92 Å². The lowest BCUT2D eigenvalue weighted by Crippen LogP contribution is -2.22. The van der Waals surface area contributed by atoms with Crippen molar-refractivity contribution in [3.63, 3.8) is 0 Å². The van der Waals surface area contributed by atoms with Crippen molar-refractivity contribution in [2.24, 2.45) is 0 Å². The van der Waals surface area contributed by atoms with Gasteiger partial charge in [0.25, 0.3) is 0 Å². The molecule has 1 atom stereocenters. The molecule has 0 saturated carbocycles. The Bertz CT molecular complexity index is 993. The Labute approximate surface area is 155 Å². The zero-order chi connectivity index (χ0) is 18.8. The molecule has 0 unspecified atom stereocenters. The van der Waals surface area contributed by atoms with Crippen LogP contribution in [0.1, 0.15) is 49.4 Å². The first kappa shape index (κ1) is 17.0. The zero-order valence-corrected chi connectivity index (χ0v) is 14.7. The Morgan fingerprint density at radius 2 is 2.00 bits per heavy atom. The quantitative estimate of drug-likeness (QED) is 0.656. The molecule has 4 rings (SSSR count). The van der Waals surface area contributed by atoms with Gasteiger partial charge in [-0.15, -0.1) is 0 Å². The Kier molecular flexibility index (Phi) is 4.46. The predicted molar refractivity (Wildman–Crippen MR) is 95.1 cm³/mol. The first-order valence-electron chi connectivity index (χ1n) is 8.58. The highest BCUT2D eigenvalue weighted by Gasteiger charge is 2.28. The molecule has 0 radical (unpaired) electrons. The standard InChI is InChI=1S/C21H17NO5/c1-13-9-17(22-27-13)12-25-20(23)15-7-8-18-16(10-15)11-19(26-21(18)24)14-5-3-2-4-6-14/h2-10,19H,11-12H2,1H3/t19-/m0/s1. The minimum atomic E-state index is -0.478. The fourth-order valence-electron chi connectivity index (χ4n) is 3.09. The van der Waals surface area contributed by atoms with E-state index in [0.29, 0.717) is 29.0 Å². The molecule has 2 aromatic carbocycles. The minimum absolute atomic E-state index is 0.0297. The number of aromatic nitrogens is 1. The second-order valence-electron chi connectivity index (χ2n) is 6.39. The van der Waals surface area contributed by atoms with Gasteiger partial charge >= 0.3 is 11.9 Å². The van der Waals surface area contributed by atoms with E-state index in [1.54, 1.807) is 31.2 Å². The molecule has 0 aliphatic carbocycles. The summed E-state index contributed by atoms with van der Waals surface area (Å²) in [5.74, 6) is -0.211. The highest BCUT2D eigenvalue weighted by Crippen LogP contribution is 2.31. The van der Waals surface area contributed by atoms with E-state index in [1.807, 2.05) is 30.3 Å². The number of cyclic esters (lactones) is 1. The SMILES string of the molecule is Cc1cc(COC(=O)c2ccc3c(c2)C[C@@H](c2ccccc2)OC3=O)no1. The van der Waals surface area contributed by atoms with Crippen LogP contribution < -0.4 is 0 Å². The second kappa shape index (κ2) is 7.07. The van der Waals surface area contributed by atoms with Crippen LogP contribution in [-0.2, 0) is 22.5 Å². The van der Waals surface area contributed by atoms with E-state index < -0.39 is 5.97 Å². The van der Waals surface area contributed by atoms with Crippen LogP contribution in [0.4, 0.5) is 0 Å². The van der Waals surface area contributed by atoms with Crippen molar-refractivity contribution in [1.82, 2.24) is 5.16 Å². The molecule has 1 aliphatic heterocycles. The zero-order valence-electron chi connectivity index (χ0n) is 14.7. The van der Waals surface area contributed by atoms with Gasteiger partial charge in [0.1, 0.15) is 24.2 Å². The summed E-state index contributed by atoms with van der Waals surface area (Å²) in [6.07, 6.45) is 0.143. The summed E-state index contributed by atoms with van der Waals surface area (Å²) in [4.78, 5) is 24.7. The van der Waals surface area contributed by atoms with Crippen LogP contribution in [-0.4, -0.2) is 17.1 Å². The largest absolute Gasteiger partial charge is 0.455 e. The number of benzene rings is 2. The molecule has 3 aromatic rings. The van der Waals surface area contributed by atoms with E-state index in [2.05, 4.69) is 5.16 Å². The molecular weight excluding hydrogens is 346 g/mol. The van der Waals surface area contributed by atoms with E-state index in [4.69, 9.17) is 14.0 Å². The first-order valence-corrected chi connectivity index (χ1v) is 8.58. The summed E-state index contributed by atoms with van der Waals surface area (Å²) >= 11 is 0. The van der Waals surface area contributed by atoms with Gasteiger partial charge in [-0.2, -0.15) is 0 Å². The fraction of sp³-hybridized carbons (Fsp3) is 0.190. The Morgan fingerprint density at radius 1 is 1.19 bits per heavy atom. The van der Waals surface area contributed by atoms with Crippen molar-refractivity contribution < 1.29 is 23.6 Å². The number of esters is 2. The van der Waals surface area contributed by atoms with Crippen molar-refractivity contribution in [2.45, 2.75) is 26.1 Å². The van der Waals surface area contributed by atoms with Gasteiger partial charge in [-0.1, -0.05) is 35.5 Å². The molecule has 6 nitrogen and oxygen atoms in total. The monoisotopic (exact) mass is 363 g/mol. The summed E-state index contributed by atoms with van der Waals surface area (Å²) < 4.78 is 15.8. The van der Waals surface area contributed by atoms with Crippen LogP contribution >= 0.6 is 0 Å². The van der Waals surface area contributed by atoms with Crippen LogP contribution in [0.25, 0.3) is 0 Å². The molecule has 136 valence electrons. The molecule has 0 spiro atoms. The number of carbonyl (C=O) groups excluding carboxylic acids is 2. The second-order valence-corrected chi connectivity index (χ2v) is 6.39. The highest BCUT2D eigenvalue weighted by atomic mass is 16.5. The van der Waals surface area contributed by atoms with Gasteiger partial charge in [0, 0.05) is 12.5 Å². The third kappa shape index (κ3) is 3.60. The molecule has 6 heteroatoms. The number of aryl methyl sites for hydroxylation is 1. The van der Waals surface area contributed by atoms with E-state index in [9.17, 15) is 9.59 Å². The van der Waals surface area contributed by atoms with Crippen molar-refractivity contribution in [2.75, 3.05) is 0 Å². The maximum Gasteiger partial charge on any atom is 0.339 e. The minimum Gasteiger partial charge on any atom is -0.455 e. The molecule has 0 amide bonds. The highest BCUT2D eigenvalue weighted by molar-refractivity contribution is 5.95. The van der Waals surface area contributed by atoms with Gasteiger partial charge in [-0.05, 0) is 36.2 Å². The van der Waals surface area contributed by atoms with E-state index >= 15 is 0 Å². The molecular formula is C21H17NO5. The molecule has 0 fully saturated rings. The van der Waals surface area contributed by atoms with E-state index in [0.717, 1.165) is 11.1 Å². The van der Waals surface area contributed by atoms with Gasteiger partial charge in [0.15, 0.2) is 0 Å². The van der Waals surface area contributed by atoms with Crippen LogP contribution in [0.3, 0.4) is 0 Å². The average molecular weight is 363 g/mol. The van der Waals surface area contributed by atoms with Crippen molar-refractivity contribution in [3.05, 3.63) is 88.3 Å². The summed E-state index contributed by atoms with van der Waals surface area (Å²) in [5.41, 5.74) is 3.10. The average Bonchev–Trinajstić information content (AvgIpc) is 3.11. The van der Waals surface area contributed by atoms with Gasteiger partial charge in [0.2, 0.25) is 0 Å². The van der Waals surface area contributed by atoms with Crippen LogP contribution in [0.5, 0.6) is 0 Å². The third-order valence-corrected chi connectivity index (χ3v) is 4.41. The number of ether oxygens (including phenoxy) is 2. The third-order valence-electron chi connectivity index (χ3n) is 4.41. The summed E-state index contributed by atoms with van der Waals surface area (Å²) in [6.45, 7) is 1.80. The van der Waals surface area contributed by atoms with Gasteiger partial charge in [-0.3, -0.25) is 0 Å². The fourth-order valence-corrected chi connectivity index (χ4v) is 3.09. The number of hydrogen-bond donors (Lipinski definition) is 0. The van der Waals surface area contributed by atoms with Gasteiger partial charge in [-0.25, -0.2) is 9.59 Å². The van der Waals surface area contributed by atoms with Gasteiger partial charge < -0.3 is 14.0 Å². The summed E-state index contributed by atoms with van der Waals surface area (Å²) in [6, 6.07) is 16.1. The molecule has 0 bridgehead atoms. The molecule has 27 heavy (non-hydrogen) atoms. The normalized spacial score (nSPS) is 15.7. The topological polar surface area (TPSA) is 78.6 Å². The molecule has 1 aliphatic rings. The smallest absolute Gasteiger partial charge is 0.339 e. The molecule has 0 N–H and O–H groups in total. The van der Waals surface area contributed by atoms with Crippen molar-refractivity contribution in [1.29, 1.82) is 0 Å². The molecule has 1 aromatic heterocycles.